The Balaban J connectivity index is 2.35. The molecule has 0 saturated carbocycles. The summed E-state index contributed by atoms with van der Waals surface area (Å²) in [5.41, 5.74) is 8.95. The Morgan fingerprint density at radius 3 is 3.07 bits per heavy atom. The van der Waals surface area contributed by atoms with Crippen LogP contribution in [0, 0.1) is 0 Å². The first kappa shape index (κ1) is 8.87. The van der Waals surface area contributed by atoms with Crippen LogP contribution in [0.25, 0.3) is 10.4 Å². The average molecular weight is 191 g/mol. The Morgan fingerprint density at radius 1 is 1.50 bits per heavy atom. The smallest absolute Gasteiger partial charge is 0.125 e. The van der Waals surface area contributed by atoms with Crippen molar-refractivity contribution in [2.45, 2.75) is 12.1 Å². The number of para-hydroxylation sites is 1. The summed E-state index contributed by atoms with van der Waals surface area (Å²) < 4.78 is 5.33. The third-order valence-corrected chi connectivity index (χ3v) is 2.21. The van der Waals surface area contributed by atoms with Gasteiger partial charge >= 0.3 is 0 Å². The number of benzene rings is 1. The van der Waals surface area contributed by atoms with Crippen LogP contribution in [0.3, 0.4) is 0 Å². The molecule has 1 heterocycles. The lowest BCUT2D eigenvalue weighted by molar-refractivity contribution is 0.0917. The largest absolute Gasteiger partial charge is 0.493 e. The topological polar surface area (TPSA) is 78.2 Å². The highest BCUT2D eigenvalue weighted by Crippen LogP contribution is 2.32. The molecule has 0 radical (unpaired) electrons. The molecule has 1 aliphatic heterocycles. The minimum absolute atomic E-state index is 0.224. The molecule has 1 aromatic carbocycles. The third kappa shape index (κ3) is 1.39. The Bertz CT molecular complexity index is 387. The molecule has 0 aromatic heterocycles. The third-order valence-electron chi connectivity index (χ3n) is 2.21. The Kier molecular flexibility index (Phi) is 2.26. The van der Waals surface area contributed by atoms with Crippen LogP contribution in [0.4, 0.5) is 0 Å². The molecule has 2 atom stereocenters. The van der Waals surface area contributed by atoms with Crippen LogP contribution in [0.1, 0.15) is 11.7 Å². The molecule has 2 rings (SSSR count). The van der Waals surface area contributed by atoms with Crippen LogP contribution in [-0.4, -0.2) is 17.8 Å². The highest BCUT2D eigenvalue weighted by atomic mass is 16.5. The summed E-state index contributed by atoms with van der Waals surface area (Å²) in [6.45, 7) is 0.224. The van der Waals surface area contributed by atoms with E-state index in [0.29, 0.717) is 11.3 Å². The van der Waals surface area contributed by atoms with Crippen LogP contribution < -0.4 is 4.74 Å². The summed E-state index contributed by atoms with van der Waals surface area (Å²) in [4.78, 5) is 2.67. The van der Waals surface area contributed by atoms with Crippen molar-refractivity contribution in [2.75, 3.05) is 6.61 Å². The fourth-order valence-corrected chi connectivity index (χ4v) is 1.49. The van der Waals surface area contributed by atoms with Gasteiger partial charge < -0.3 is 9.84 Å². The first-order chi connectivity index (χ1) is 6.83. The minimum atomic E-state index is -0.768. The fraction of sp³-hybridized carbons (Fsp3) is 0.333. The zero-order valence-corrected chi connectivity index (χ0v) is 7.37. The summed E-state index contributed by atoms with van der Waals surface area (Å²) in [5, 5.41) is 13.3. The minimum Gasteiger partial charge on any atom is -0.493 e. The molecular formula is C9H9N3O2. The van der Waals surface area contributed by atoms with Gasteiger partial charge in [-0.15, -0.1) is 0 Å². The molecule has 1 aliphatic rings. The molecule has 1 aromatic rings. The highest BCUT2D eigenvalue weighted by Gasteiger charge is 2.27. The molecule has 0 spiro atoms. The molecule has 0 saturated heterocycles. The molecule has 1 N–H and O–H groups in total. The van der Waals surface area contributed by atoms with Gasteiger partial charge in [-0.1, -0.05) is 23.3 Å². The number of hydrogen-bond donors (Lipinski definition) is 1. The van der Waals surface area contributed by atoms with Gasteiger partial charge in [0.25, 0.3) is 0 Å². The molecule has 0 bridgehead atoms. The number of azide groups is 1. The lowest BCUT2D eigenvalue weighted by Gasteiger charge is -2.26. The van der Waals surface area contributed by atoms with E-state index in [9.17, 15) is 5.11 Å². The molecular weight excluding hydrogens is 182 g/mol. The number of aliphatic hydroxyl groups excluding tert-OH is 1. The zero-order chi connectivity index (χ0) is 9.97. The van der Waals surface area contributed by atoms with E-state index < -0.39 is 12.1 Å². The van der Waals surface area contributed by atoms with Crippen molar-refractivity contribution in [3.05, 3.63) is 40.3 Å². The number of fused-ring (bicyclic) bond motifs is 1. The molecule has 72 valence electrons. The standard InChI is InChI=1S/C9H9N3O2/c10-12-11-7-5-14-8-4-2-1-3-6(8)9(7)13/h1-4,7,9,13H,5H2. The summed E-state index contributed by atoms with van der Waals surface area (Å²) in [7, 11) is 0. The van der Waals surface area contributed by atoms with Crippen LogP contribution in [0.5, 0.6) is 5.75 Å². The van der Waals surface area contributed by atoms with Crippen LogP contribution >= 0.6 is 0 Å². The number of aliphatic hydroxyl groups is 1. The second-order valence-electron chi connectivity index (χ2n) is 3.07. The fourth-order valence-electron chi connectivity index (χ4n) is 1.49. The van der Waals surface area contributed by atoms with Crippen molar-refractivity contribution in [3.63, 3.8) is 0 Å². The van der Waals surface area contributed by atoms with Gasteiger partial charge in [0.1, 0.15) is 11.8 Å². The molecule has 14 heavy (non-hydrogen) atoms. The van der Waals surface area contributed by atoms with E-state index in [1.165, 1.54) is 0 Å². The Hall–Kier alpha value is -1.71. The van der Waals surface area contributed by atoms with Gasteiger partial charge in [-0.05, 0) is 11.6 Å². The van der Waals surface area contributed by atoms with E-state index in [1.807, 2.05) is 12.1 Å². The van der Waals surface area contributed by atoms with Crippen LogP contribution in [-0.2, 0) is 0 Å². The van der Waals surface area contributed by atoms with E-state index in [-0.39, 0.29) is 6.61 Å². The van der Waals surface area contributed by atoms with Crippen molar-refractivity contribution in [3.8, 4) is 5.75 Å². The summed E-state index contributed by atoms with van der Waals surface area (Å²) in [6.07, 6.45) is -0.768. The zero-order valence-electron chi connectivity index (χ0n) is 7.37. The van der Waals surface area contributed by atoms with Crippen molar-refractivity contribution in [2.24, 2.45) is 5.11 Å². The predicted octanol–water partition coefficient (Wildman–Crippen LogP) is 1.79. The van der Waals surface area contributed by atoms with Crippen molar-refractivity contribution in [1.29, 1.82) is 0 Å². The average Bonchev–Trinajstić information content (AvgIpc) is 2.23. The van der Waals surface area contributed by atoms with E-state index in [2.05, 4.69) is 10.0 Å². The Morgan fingerprint density at radius 2 is 2.29 bits per heavy atom. The van der Waals surface area contributed by atoms with Crippen molar-refractivity contribution < 1.29 is 9.84 Å². The summed E-state index contributed by atoms with van der Waals surface area (Å²) >= 11 is 0. The molecule has 5 heteroatoms. The second kappa shape index (κ2) is 3.57. The molecule has 5 nitrogen and oxygen atoms in total. The van der Waals surface area contributed by atoms with Crippen LogP contribution in [0.2, 0.25) is 0 Å². The maximum atomic E-state index is 9.81. The SMILES string of the molecule is [N-]=[N+]=NC1COc2ccccc2C1O. The second-order valence-corrected chi connectivity index (χ2v) is 3.07. The van der Waals surface area contributed by atoms with Gasteiger partial charge in [0.2, 0.25) is 0 Å². The first-order valence-corrected chi connectivity index (χ1v) is 4.27. The lowest BCUT2D eigenvalue weighted by Crippen LogP contribution is -2.28. The number of ether oxygens (including phenoxy) is 1. The number of rotatable bonds is 1. The van der Waals surface area contributed by atoms with Gasteiger partial charge in [-0.25, -0.2) is 0 Å². The van der Waals surface area contributed by atoms with E-state index >= 15 is 0 Å². The van der Waals surface area contributed by atoms with E-state index in [0.717, 1.165) is 0 Å². The maximum absolute atomic E-state index is 9.81. The van der Waals surface area contributed by atoms with E-state index in [4.69, 9.17) is 10.3 Å². The van der Waals surface area contributed by atoms with Gasteiger partial charge in [0.05, 0.1) is 12.7 Å². The normalized spacial score (nSPS) is 24.4. The molecule has 0 aliphatic carbocycles. The van der Waals surface area contributed by atoms with Gasteiger partial charge in [0, 0.05) is 10.5 Å². The Labute approximate surface area is 80.6 Å². The molecule has 0 amide bonds. The lowest BCUT2D eigenvalue weighted by atomic mass is 10.00. The van der Waals surface area contributed by atoms with Crippen LogP contribution in [0.15, 0.2) is 29.4 Å². The van der Waals surface area contributed by atoms with Gasteiger partial charge in [-0.3, -0.25) is 0 Å². The monoisotopic (exact) mass is 191 g/mol. The van der Waals surface area contributed by atoms with Gasteiger partial charge in [-0.2, -0.15) is 0 Å². The molecule has 0 fully saturated rings. The first-order valence-electron chi connectivity index (χ1n) is 4.27. The number of nitrogens with zero attached hydrogens (tertiary/aromatic N) is 3. The van der Waals surface area contributed by atoms with Crippen molar-refractivity contribution >= 4 is 0 Å². The molecule has 2 unspecified atom stereocenters. The van der Waals surface area contributed by atoms with E-state index in [1.54, 1.807) is 12.1 Å². The summed E-state index contributed by atoms with van der Waals surface area (Å²) in [5.74, 6) is 0.657. The number of hydrogen-bond acceptors (Lipinski definition) is 3. The quantitative estimate of drug-likeness (QED) is 0.417. The summed E-state index contributed by atoms with van der Waals surface area (Å²) in [6, 6.07) is 6.66. The van der Waals surface area contributed by atoms with Gasteiger partial charge in [0.15, 0.2) is 0 Å². The van der Waals surface area contributed by atoms with Crippen molar-refractivity contribution in [1.82, 2.24) is 0 Å². The highest BCUT2D eigenvalue weighted by molar-refractivity contribution is 5.37. The maximum Gasteiger partial charge on any atom is 0.125 e. The predicted molar refractivity (Wildman–Crippen MR) is 49.8 cm³/mol.